The molecule has 0 saturated carbocycles. The van der Waals surface area contributed by atoms with Crippen LogP contribution in [0.15, 0.2) is 58.6 Å². The van der Waals surface area contributed by atoms with Crippen molar-refractivity contribution in [3.8, 4) is 17.2 Å². The van der Waals surface area contributed by atoms with E-state index in [0.29, 0.717) is 17.1 Å². The van der Waals surface area contributed by atoms with Crippen LogP contribution in [-0.2, 0) is 19.4 Å². The van der Waals surface area contributed by atoms with Crippen LogP contribution in [0, 0.1) is 0 Å². The molecule has 0 unspecified atom stereocenters. The Labute approximate surface area is 197 Å². The Morgan fingerprint density at radius 2 is 1.59 bits per heavy atom. The summed E-state index contributed by atoms with van der Waals surface area (Å²) in [6.07, 6.45) is 0. The first-order valence-corrected chi connectivity index (χ1v) is 12.0. The monoisotopic (exact) mass is 490 g/mol. The highest BCUT2D eigenvalue weighted by Gasteiger charge is 2.37. The number of benzene rings is 2. The Morgan fingerprint density at radius 1 is 0.971 bits per heavy atom. The third-order valence-corrected chi connectivity index (χ3v) is 6.79. The van der Waals surface area contributed by atoms with E-state index in [9.17, 15) is 18.0 Å². The SMILES string of the molecule is CCOC(=O)C1=C(CS(=O)(=O)c2ccccc2)NC(=O)N[C@@H]1c1cc(OC)c(OC)cc1OC. The van der Waals surface area contributed by atoms with E-state index in [1.807, 2.05) is 0 Å². The zero-order valence-electron chi connectivity index (χ0n) is 19.2. The second-order valence-electron chi connectivity index (χ2n) is 7.17. The van der Waals surface area contributed by atoms with Gasteiger partial charge in [0.05, 0.1) is 50.2 Å². The first kappa shape index (κ1) is 24.9. The zero-order chi connectivity index (χ0) is 24.9. The van der Waals surface area contributed by atoms with E-state index in [2.05, 4.69) is 10.6 Å². The molecule has 1 aliphatic heterocycles. The lowest BCUT2D eigenvalue weighted by molar-refractivity contribution is -0.139. The van der Waals surface area contributed by atoms with Crippen molar-refractivity contribution in [2.45, 2.75) is 17.9 Å². The summed E-state index contributed by atoms with van der Waals surface area (Å²) >= 11 is 0. The van der Waals surface area contributed by atoms with Crippen molar-refractivity contribution in [2.75, 3.05) is 33.7 Å². The highest BCUT2D eigenvalue weighted by molar-refractivity contribution is 7.91. The van der Waals surface area contributed by atoms with Gasteiger partial charge in [-0.25, -0.2) is 18.0 Å². The standard InChI is InChI=1S/C23H26N2O8S/c1-5-33-22(26)20-16(13-34(28,29)14-9-7-6-8-10-14)24-23(27)25-21(20)15-11-18(31-3)19(32-4)12-17(15)30-2/h6-12,21H,5,13H2,1-4H3,(H2,24,25,27)/t21-/m1/s1. The fourth-order valence-electron chi connectivity index (χ4n) is 3.59. The molecule has 0 fully saturated rings. The maximum Gasteiger partial charge on any atom is 0.338 e. The first-order chi connectivity index (χ1) is 16.2. The lowest BCUT2D eigenvalue weighted by Crippen LogP contribution is -2.47. The van der Waals surface area contributed by atoms with Crippen molar-refractivity contribution in [2.24, 2.45) is 0 Å². The number of nitrogens with one attached hydrogen (secondary N) is 2. The van der Waals surface area contributed by atoms with E-state index < -0.39 is 33.6 Å². The molecule has 11 heteroatoms. The number of hydrogen-bond acceptors (Lipinski definition) is 8. The van der Waals surface area contributed by atoms with Gasteiger partial charge in [0, 0.05) is 17.3 Å². The normalized spacial score (nSPS) is 15.8. The second kappa shape index (κ2) is 10.5. The van der Waals surface area contributed by atoms with Crippen LogP contribution in [-0.4, -0.2) is 54.1 Å². The van der Waals surface area contributed by atoms with Crippen LogP contribution >= 0.6 is 0 Å². The van der Waals surface area contributed by atoms with E-state index in [1.54, 1.807) is 37.3 Å². The smallest absolute Gasteiger partial charge is 0.338 e. The van der Waals surface area contributed by atoms with Crippen molar-refractivity contribution in [3.05, 3.63) is 59.3 Å². The number of urea groups is 1. The van der Waals surface area contributed by atoms with Crippen molar-refractivity contribution in [1.82, 2.24) is 10.6 Å². The van der Waals surface area contributed by atoms with Crippen LogP contribution in [0.5, 0.6) is 17.2 Å². The Kier molecular flexibility index (Phi) is 7.67. The third-order valence-electron chi connectivity index (χ3n) is 5.13. The van der Waals surface area contributed by atoms with Crippen LogP contribution < -0.4 is 24.8 Å². The Bertz CT molecular complexity index is 1210. The molecule has 1 aliphatic rings. The lowest BCUT2D eigenvalue weighted by atomic mass is 9.94. The number of esters is 1. The Morgan fingerprint density at radius 3 is 2.18 bits per heavy atom. The summed E-state index contributed by atoms with van der Waals surface area (Å²) in [7, 11) is 0.423. The zero-order valence-corrected chi connectivity index (χ0v) is 20.0. The number of carbonyl (C=O) groups is 2. The number of methoxy groups -OCH3 is 3. The molecule has 0 bridgehead atoms. The second-order valence-corrected chi connectivity index (χ2v) is 9.16. The number of carbonyl (C=O) groups excluding carboxylic acids is 2. The minimum Gasteiger partial charge on any atom is -0.496 e. The maximum absolute atomic E-state index is 13.1. The highest BCUT2D eigenvalue weighted by atomic mass is 32.2. The summed E-state index contributed by atoms with van der Waals surface area (Å²) in [6, 6.07) is 9.08. The number of amides is 2. The van der Waals surface area contributed by atoms with Crippen LogP contribution in [0.25, 0.3) is 0 Å². The molecule has 0 aromatic heterocycles. The van der Waals surface area contributed by atoms with Crippen molar-refractivity contribution in [1.29, 1.82) is 0 Å². The van der Waals surface area contributed by atoms with Crippen LogP contribution in [0.2, 0.25) is 0 Å². The van der Waals surface area contributed by atoms with Crippen LogP contribution in [0.1, 0.15) is 18.5 Å². The fraction of sp³-hybridized carbons (Fsp3) is 0.304. The molecule has 0 saturated heterocycles. The summed E-state index contributed by atoms with van der Waals surface area (Å²) < 4.78 is 47.5. The van der Waals surface area contributed by atoms with E-state index in [4.69, 9.17) is 18.9 Å². The van der Waals surface area contributed by atoms with Gasteiger partial charge in [-0.05, 0) is 25.1 Å². The van der Waals surface area contributed by atoms with Gasteiger partial charge < -0.3 is 29.6 Å². The molecular formula is C23H26N2O8S. The Hall–Kier alpha value is -3.73. The van der Waals surface area contributed by atoms with Crippen molar-refractivity contribution in [3.63, 3.8) is 0 Å². The maximum atomic E-state index is 13.1. The molecule has 1 heterocycles. The molecule has 2 aromatic carbocycles. The number of hydrogen-bond donors (Lipinski definition) is 2. The van der Waals surface area contributed by atoms with Crippen molar-refractivity contribution < 1.29 is 37.0 Å². The summed E-state index contributed by atoms with van der Waals surface area (Å²) in [5.74, 6) is -0.415. The van der Waals surface area contributed by atoms with E-state index in [-0.39, 0.29) is 28.5 Å². The molecule has 2 aromatic rings. The van der Waals surface area contributed by atoms with Gasteiger partial charge >= 0.3 is 12.0 Å². The number of rotatable bonds is 9. The van der Waals surface area contributed by atoms with E-state index in [0.717, 1.165) is 0 Å². The molecule has 0 radical (unpaired) electrons. The first-order valence-electron chi connectivity index (χ1n) is 10.3. The molecule has 3 rings (SSSR count). The van der Waals surface area contributed by atoms with Gasteiger partial charge in [-0.2, -0.15) is 0 Å². The average molecular weight is 491 g/mol. The fourth-order valence-corrected chi connectivity index (χ4v) is 4.94. The molecule has 1 atom stereocenters. The number of ether oxygens (including phenoxy) is 4. The van der Waals surface area contributed by atoms with Crippen LogP contribution in [0.3, 0.4) is 0 Å². The average Bonchev–Trinajstić information content (AvgIpc) is 2.83. The van der Waals surface area contributed by atoms with E-state index >= 15 is 0 Å². The van der Waals surface area contributed by atoms with Gasteiger partial charge in [-0.3, -0.25) is 0 Å². The summed E-state index contributed by atoms with van der Waals surface area (Å²) in [5.41, 5.74) is 0.201. The summed E-state index contributed by atoms with van der Waals surface area (Å²) in [6.45, 7) is 1.67. The number of sulfone groups is 1. The largest absolute Gasteiger partial charge is 0.496 e. The van der Waals surface area contributed by atoms with Crippen LogP contribution in [0.4, 0.5) is 4.79 Å². The minimum atomic E-state index is -3.89. The van der Waals surface area contributed by atoms with Gasteiger partial charge in [-0.1, -0.05) is 18.2 Å². The van der Waals surface area contributed by atoms with Gasteiger partial charge in [0.15, 0.2) is 21.3 Å². The van der Waals surface area contributed by atoms with E-state index in [1.165, 1.54) is 33.5 Å². The molecule has 10 nitrogen and oxygen atoms in total. The van der Waals surface area contributed by atoms with Gasteiger partial charge in [-0.15, -0.1) is 0 Å². The summed E-state index contributed by atoms with van der Waals surface area (Å²) in [5, 5.41) is 5.13. The molecule has 182 valence electrons. The van der Waals surface area contributed by atoms with Gasteiger partial charge in [0.25, 0.3) is 0 Å². The molecule has 2 N–H and O–H groups in total. The molecule has 2 amide bonds. The lowest BCUT2D eigenvalue weighted by Gasteiger charge is -2.30. The predicted octanol–water partition coefficient (Wildman–Crippen LogP) is 2.36. The quantitative estimate of drug-likeness (QED) is 0.513. The summed E-state index contributed by atoms with van der Waals surface area (Å²) in [4.78, 5) is 25.7. The topological polar surface area (TPSA) is 129 Å². The highest BCUT2D eigenvalue weighted by Crippen LogP contribution is 2.41. The minimum absolute atomic E-state index is 0.0464. The third kappa shape index (κ3) is 5.09. The molecule has 34 heavy (non-hydrogen) atoms. The molecule has 0 aliphatic carbocycles. The molecule has 0 spiro atoms. The van der Waals surface area contributed by atoms with Gasteiger partial charge in [0.1, 0.15) is 5.75 Å². The predicted molar refractivity (Wildman–Crippen MR) is 123 cm³/mol. The Balaban J connectivity index is 2.20. The van der Waals surface area contributed by atoms with Gasteiger partial charge in [0.2, 0.25) is 0 Å². The molecular weight excluding hydrogens is 464 g/mol. The van der Waals surface area contributed by atoms with Crippen molar-refractivity contribution >= 4 is 21.8 Å².